The first kappa shape index (κ1) is 15.8. The minimum Gasteiger partial charge on any atom is -0.307 e. The average Bonchev–Trinajstić information content (AvgIpc) is 2.38. The van der Waals surface area contributed by atoms with Gasteiger partial charge in [0.1, 0.15) is 0 Å². The smallest absolute Gasteiger partial charge is 0.307 e. The first-order chi connectivity index (χ1) is 8.86. The van der Waals surface area contributed by atoms with Crippen molar-refractivity contribution >= 4 is 33.3 Å². The van der Waals surface area contributed by atoms with Crippen molar-refractivity contribution in [2.45, 2.75) is 19.8 Å². The zero-order valence-electron chi connectivity index (χ0n) is 10.9. The Bertz CT molecular complexity index is 528. The van der Waals surface area contributed by atoms with Crippen molar-refractivity contribution in [3.05, 3.63) is 29.3 Å². The fourth-order valence-corrected chi connectivity index (χ4v) is 2.68. The van der Waals surface area contributed by atoms with Crippen LogP contribution in [0.3, 0.4) is 0 Å². The van der Waals surface area contributed by atoms with Crippen LogP contribution < -0.4 is 5.32 Å². The fourth-order valence-electron chi connectivity index (χ4n) is 1.33. The van der Waals surface area contributed by atoms with Gasteiger partial charge >= 0.3 is 6.03 Å². The van der Waals surface area contributed by atoms with Crippen molar-refractivity contribution in [1.82, 2.24) is 4.31 Å². The number of nitrogens with zero attached hydrogens (tertiary/aromatic N) is 1. The molecule has 1 aromatic rings. The molecule has 1 aromatic carbocycles. The Morgan fingerprint density at radius 2 is 1.89 bits per heavy atom. The number of hydrogen-bond donors (Lipinski definition) is 1. The molecule has 0 saturated carbocycles. The van der Waals surface area contributed by atoms with E-state index in [4.69, 9.17) is 11.6 Å². The Hall–Kier alpha value is -1.27. The molecule has 1 rings (SSSR count). The number of halogens is 1. The summed E-state index contributed by atoms with van der Waals surface area (Å²) in [6.07, 6.45) is 1.28. The van der Waals surface area contributed by atoms with Crippen LogP contribution >= 0.6 is 11.6 Å². The van der Waals surface area contributed by atoms with Crippen LogP contribution in [0.4, 0.5) is 10.5 Å². The van der Waals surface area contributed by atoms with Gasteiger partial charge in [-0.15, -0.1) is 0 Å². The topological polar surface area (TPSA) is 66.5 Å². The van der Waals surface area contributed by atoms with Gasteiger partial charge in [-0.05, 0) is 30.7 Å². The average molecular weight is 305 g/mol. The molecular formula is C12H17ClN2O3S. The Labute approximate surface area is 118 Å². The number of benzene rings is 1. The summed E-state index contributed by atoms with van der Waals surface area (Å²) < 4.78 is 24.4. The van der Waals surface area contributed by atoms with Gasteiger partial charge in [-0.1, -0.05) is 24.9 Å². The number of carbonyl (C=O) groups is 1. The third kappa shape index (κ3) is 4.72. The highest BCUT2D eigenvalue weighted by atomic mass is 35.5. The number of amides is 2. The van der Waals surface area contributed by atoms with Gasteiger partial charge in [0.25, 0.3) is 0 Å². The summed E-state index contributed by atoms with van der Waals surface area (Å²) in [6.45, 7) is 1.89. The predicted octanol–water partition coefficient (Wildman–Crippen LogP) is 2.93. The Kier molecular flexibility index (Phi) is 5.62. The molecule has 5 nitrogen and oxygen atoms in total. The number of rotatable bonds is 5. The lowest BCUT2D eigenvalue weighted by Crippen LogP contribution is -2.38. The molecule has 0 spiro atoms. The number of sulfonamides is 1. The number of urea groups is 1. The van der Waals surface area contributed by atoms with Crippen LogP contribution in [0.15, 0.2) is 24.3 Å². The molecule has 0 unspecified atom stereocenters. The summed E-state index contributed by atoms with van der Waals surface area (Å²) in [5.41, 5.74) is 0.493. The minimum absolute atomic E-state index is 0.0337. The molecule has 0 aromatic heterocycles. The normalized spacial score (nSPS) is 11.1. The number of carbonyl (C=O) groups excluding carboxylic acids is 1. The molecule has 0 radical (unpaired) electrons. The molecule has 0 fully saturated rings. The van der Waals surface area contributed by atoms with Crippen LogP contribution in [0, 0.1) is 0 Å². The molecule has 0 atom stereocenters. The highest BCUT2D eigenvalue weighted by Gasteiger charge is 2.22. The SMILES string of the molecule is CCCCS(=O)(=O)N(C)C(=O)Nc1ccc(Cl)cc1. The molecule has 7 heteroatoms. The number of anilines is 1. The van der Waals surface area contributed by atoms with Gasteiger partial charge in [0.2, 0.25) is 10.0 Å². The number of nitrogens with one attached hydrogen (secondary N) is 1. The van der Waals surface area contributed by atoms with E-state index >= 15 is 0 Å². The lowest BCUT2D eigenvalue weighted by atomic mass is 10.3. The van der Waals surface area contributed by atoms with E-state index in [0.29, 0.717) is 17.1 Å². The first-order valence-electron chi connectivity index (χ1n) is 5.90. The third-order valence-corrected chi connectivity index (χ3v) is 4.61. The van der Waals surface area contributed by atoms with E-state index in [1.165, 1.54) is 7.05 Å². The molecule has 19 heavy (non-hydrogen) atoms. The van der Waals surface area contributed by atoms with Gasteiger partial charge in [0.15, 0.2) is 0 Å². The van der Waals surface area contributed by atoms with E-state index in [9.17, 15) is 13.2 Å². The third-order valence-electron chi connectivity index (χ3n) is 2.55. The van der Waals surface area contributed by atoms with Crippen molar-refractivity contribution in [1.29, 1.82) is 0 Å². The zero-order valence-corrected chi connectivity index (χ0v) is 12.5. The molecule has 0 aliphatic carbocycles. The van der Waals surface area contributed by atoms with Crippen LogP contribution in [-0.4, -0.2) is 31.6 Å². The van der Waals surface area contributed by atoms with Crippen molar-refractivity contribution in [3.8, 4) is 0 Å². The standard InChI is InChI=1S/C12H17ClN2O3S/c1-3-4-9-19(17,18)15(2)12(16)14-11-7-5-10(13)6-8-11/h5-8H,3-4,9H2,1-2H3,(H,14,16). The van der Waals surface area contributed by atoms with Crippen molar-refractivity contribution < 1.29 is 13.2 Å². The van der Waals surface area contributed by atoms with Crippen molar-refractivity contribution in [2.24, 2.45) is 0 Å². The monoisotopic (exact) mass is 304 g/mol. The van der Waals surface area contributed by atoms with Crippen LogP contribution in [0.1, 0.15) is 19.8 Å². The lowest BCUT2D eigenvalue weighted by molar-refractivity contribution is 0.240. The van der Waals surface area contributed by atoms with Gasteiger partial charge in [-0.3, -0.25) is 0 Å². The van der Waals surface area contributed by atoms with E-state index in [1.807, 2.05) is 6.92 Å². The zero-order chi connectivity index (χ0) is 14.5. The first-order valence-corrected chi connectivity index (χ1v) is 7.88. The second kappa shape index (κ2) is 6.77. The van der Waals surface area contributed by atoms with Gasteiger partial charge in [0, 0.05) is 17.8 Å². The highest BCUT2D eigenvalue weighted by molar-refractivity contribution is 7.89. The maximum absolute atomic E-state index is 11.8. The Morgan fingerprint density at radius 3 is 2.42 bits per heavy atom. The second-order valence-corrected chi connectivity index (χ2v) is 6.63. The Morgan fingerprint density at radius 1 is 1.32 bits per heavy atom. The van der Waals surface area contributed by atoms with Gasteiger partial charge in [-0.2, -0.15) is 0 Å². The quantitative estimate of drug-likeness (QED) is 0.909. The Balaban J connectivity index is 2.69. The molecule has 0 heterocycles. The molecular weight excluding hydrogens is 288 g/mol. The molecule has 2 amide bonds. The molecule has 106 valence electrons. The largest absolute Gasteiger partial charge is 0.335 e. The molecule has 0 saturated heterocycles. The number of hydrogen-bond acceptors (Lipinski definition) is 3. The van der Waals surface area contributed by atoms with E-state index in [1.54, 1.807) is 24.3 Å². The number of unbranched alkanes of at least 4 members (excludes halogenated alkanes) is 1. The lowest BCUT2D eigenvalue weighted by Gasteiger charge is -2.18. The summed E-state index contributed by atoms with van der Waals surface area (Å²) >= 11 is 5.72. The maximum Gasteiger partial charge on any atom is 0.335 e. The van der Waals surface area contributed by atoms with E-state index < -0.39 is 16.1 Å². The van der Waals surface area contributed by atoms with Gasteiger partial charge in [0.05, 0.1) is 5.75 Å². The van der Waals surface area contributed by atoms with E-state index in [2.05, 4.69) is 5.32 Å². The van der Waals surface area contributed by atoms with Crippen LogP contribution in [0.2, 0.25) is 5.02 Å². The van der Waals surface area contributed by atoms with Crippen LogP contribution in [-0.2, 0) is 10.0 Å². The summed E-state index contributed by atoms with van der Waals surface area (Å²) in [5.74, 6) is -0.0337. The van der Waals surface area contributed by atoms with Crippen LogP contribution in [0.25, 0.3) is 0 Å². The molecule has 1 N–H and O–H groups in total. The van der Waals surface area contributed by atoms with Gasteiger partial charge in [-0.25, -0.2) is 17.5 Å². The summed E-state index contributed by atoms with van der Waals surface area (Å²) in [7, 11) is -2.31. The maximum atomic E-state index is 11.8. The predicted molar refractivity (Wildman–Crippen MR) is 76.9 cm³/mol. The summed E-state index contributed by atoms with van der Waals surface area (Å²) in [6, 6.07) is 5.75. The molecule has 0 aliphatic heterocycles. The van der Waals surface area contributed by atoms with E-state index in [-0.39, 0.29) is 5.75 Å². The van der Waals surface area contributed by atoms with Gasteiger partial charge < -0.3 is 5.32 Å². The van der Waals surface area contributed by atoms with Crippen molar-refractivity contribution in [3.63, 3.8) is 0 Å². The molecule has 0 bridgehead atoms. The highest BCUT2D eigenvalue weighted by Crippen LogP contribution is 2.14. The van der Waals surface area contributed by atoms with Crippen molar-refractivity contribution in [2.75, 3.05) is 18.1 Å². The second-order valence-electron chi connectivity index (χ2n) is 4.07. The minimum atomic E-state index is -3.55. The summed E-state index contributed by atoms with van der Waals surface area (Å²) in [5, 5.41) is 3.04. The summed E-state index contributed by atoms with van der Waals surface area (Å²) in [4.78, 5) is 11.8. The molecule has 0 aliphatic rings. The van der Waals surface area contributed by atoms with Crippen LogP contribution in [0.5, 0.6) is 0 Å². The van der Waals surface area contributed by atoms with E-state index in [0.717, 1.165) is 10.7 Å². The fraction of sp³-hybridized carbons (Fsp3) is 0.417.